The molecule has 0 saturated carbocycles. The van der Waals surface area contributed by atoms with Gasteiger partial charge in [0.1, 0.15) is 11.9 Å². The van der Waals surface area contributed by atoms with Gasteiger partial charge < -0.3 is 19.3 Å². The summed E-state index contributed by atoms with van der Waals surface area (Å²) in [5, 5.41) is 11.7. The minimum absolute atomic E-state index is 0.000886. The van der Waals surface area contributed by atoms with Gasteiger partial charge in [0.05, 0.1) is 13.2 Å². The third-order valence-corrected chi connectivity index (χ3v) is 4.75. The molecule has 0 bridgehead atoms. The molecule has 0 spiro atoms. The van der Waals surface area contributed by atoms with Crippen molar-refractivity contribution in [1.29, 1.82) is 0 Å². The number of rotatable bonds is 8. The number of hydrogen-bond acceptors (Lipinski definition) is 9. The third-order valence-electron chi connectivity index (χ3n) is 4.75. The second kappa shape index (κ2) is 10.4. The second-order valence-electron chi connectivity index (χ2n) is 6.98. The van der Waals surface area contributed by atoms with Gasteiger partial charge in [0, 0.05) is 25.0 Å². The van der Waals surface area contributed by atoms with Crippen molar-refractivity contribution < 1.29 is 37.7 Å². The maximum Gasteiger partial charge on any atom is 0.412 e. The van der Waals surface area contributed by atoms with E-state index in [1.807, 2.05) is 0 Å². The Balaban J connectivity index is 1.81. The first-order valence-electron chi connectivity index (χ1n) is 10.0. The fourth-order valence-electron chi connectivity index (χ4n) is 3.25. The van der Waals surface area contributed by atoms with Crippen molar-refractivity contribution >= 4 is 17.9 Å². The lowest BCUT2D eigenvalue weighted by Crippen LogP contribution is -2.45. The van der Waals surface area contributed by atoms with Crippen LogP contribution in [-0.2, 0) is 25.4 Å². The van der Waals surface area contributed by atoms with Gasteiger partial charge in [0.25, 0.3) is 0 Å². The number of hydrogen-bond donors (Lipinski definition) is 2. The molecule has 13 heteroatoms. The molecule has 178 valence electrons. The van der Waals surface area contributed by atoms with Crippen LogP contribution in [0.5, 0.6) is 0 Å². The van der Waals surface area contributed by atoms with E-state index in [0.29, 0.717) is 10.1 Å². The van der Waals surface area contributed by atoms with Gasteiger partial charge in [0.2, 0.25) is 6.23 Å². The first-order valence-corrected chi connectivity index (χ1v) is 10.0. The van der Waals surface area contributed by atoms with Gasteiger partial charge in [-0.1, -0.05) is 6.07 Å². The van der Waals surface area contributed by atoms with Gasteiger partial charge in [-0.25, -0.2) is 19.1 Å². The van der Waals surface area contributed by atoms with Crippen LogP contribution in [0.1, 0.15) is 25.1 Å². The lowest BCUT2D eigenvalue weighted by atomic mass is 10.1. The van der Waals surface area contributed by atoms with Crippen molar-refractivity contribution in [3.05, 3.63) is 52.8 Å². The van der Waals surface area contributed by atoms with E-state index in [0.717, 1.165) is 12.3 Å². The smallest absolute Gasteiger partial charge is 0.412 e. The lowest BCUT2D eigenvalue weighted by Gasteiger charge is -2.25. The maximum atomic E-state index is 15.3. The zero-order valence-electron chi connectivity index (χ0n) is 17.5. The number of esters is 1. The molecule has 0 radical (unpaired) electrons. The summed E-state index contributed by atoms with van der Waals surface area (Å²) in [5.41, 5.74) is -0.453. The molecule has 1 aliphatic rings. The van der Waals surface area contributed by atoms with E-state index in [1.54, 1.807) is 18.3 Å². The Morgan fingerprint density at radius 3 is 2.79 bits per heavy atom. The van der Waals surface area contributed by atoms with Crippen molar-refractivity contribution in [2.24, 2.45) is 0 Å². The summed E-state index contributed by atoms with van der Waals surface area (Å²) in [6.45, 7) is 0.621. The number of halogens is 2. The number of aliphatic hydroxyl groups is 1. The highest BCUT2D eigenvalue weighted by Crippen LogP contribution is 2.44. The van der Waals surface area contributed by atoms with Crippen LogP contribution in [0.2, 0.25) is 0 Å². The molecule has 3 atom stereocenters. The summed E-state index contributed by atoms with van der Waals surface area (Å²) in [4.78, 5) is 43.6. The van der Waals surface area contributed by atoms with Crippen LogP contribution in [0.3, 0.4) is 0 Å². The number of carbonyl (C=O) groups excluding carboxylic acids is 2. The zero-order valence-corrected chi connectivity index (χ0v) is 17.5. The molecule has 1 fully saturated rings. The molecule has 33 heavy (non-hydrogen) atoms. The van der Waals surface area contributed by atoms with Crippen molar-refractivity contribution in [2.75, 3.05) is 18.5 Å². The number of aliphatic hydroxyl groups excluding tert-OH is 1. The molecule has 1 aliphatic heterocycles. The summed E-state index contributed by atoms with van der Waals surface area (Å²) in [5.74, 6) is -5.28. The highest BCUT2D eigenvalue weighted by molar-refractivity contribution is 5.83. The van der Waals surface area contributed by atoms with Crippen LogP contribution in [0.4, 0.5) is 19.4 Å². The average Bonchev–Trinajstić information content (AvgIpc) is 3.03. The number of anilines is 1. The molecule has 11 nitrogen and oxygen atoms in total. The molecule has 3 rings (SSSR count). The van der Waals surface area contributed by atoms with E-state index in [2.05, 4.69) is 15.3 Å². The maximum absolute atomic E-state index is 15.3. The Hall–Kier alpha value is -3.45. The quantitative estimate of drug-likeness (QED) is 0.548. The van der Waals surface area contributed by atoms with E-state index >= 15 is 8.78 Å². The fraction of sp³-hybridized carbons (Fsp3) is 0.450. The van der Waals surface area contributed by atoms with Crippen LogP contribution in [0.15, 0.2) is 41.6 Å². The Labute approximate surface area is 186 Å². The summed E-state index contributed by atoms with van der Waals surface area (Å²) in [6, 6.07) is 4.48. The number of ether oxygens (including phenoxy) is 3. The van der Waals surface area contributed by atoms with Crippen molar-refractivity contribution in [2.45, 2.75) is 44.1 Å². The zero-order chi connectivity index (χ0) is 24.0. The highest BCUT2D eigenvalue weighted by Gasteiger charge is 2.62. The minimum Gasteiger partial charge on any atom is -0.453 e. The molecule has 1 amide bonds. The number of nitrogens with one attached hydrogen (secondary N) is 1. The Morgan fingerprint density at radius 1 is 1.33 bits per heavy atom. The molecule has 3 heterocycles. The summed E-state index contributed by atoms with van der Waals surface area (Å²) in [7, 11) is 0. The molecule has 2 N–H and O–H groups in total. The van der Waals surface area contributed by atoms with E-state index in [9.17, 15) is 19.5 Å². The Kier molecular flexibility index (Phi) is 7.66. The second-order valence-corrected chi connectivity index (χ2v) is 6.98. The molecule has 1 saturated heterocycles. The number of pyridine rings is 1. The van der Waals surface area contributed by atoms with Gasteiger partial charge in [-0.05, 0) is 31.0 Å². The topological polar surface area (TPSA) is 142 Å². The Bertz CT molecular complexity index is 1030. The summed E-state index contributed by atoms with van der Waals surface area (Å²) >= 11 is 0. The van der Waals surface area contributed by atoms with E-state index in [-0.39, 0.29) is 25.3 Å². The largest absolute Gasteiger partial charge is 0.453 e. The Morgan fingerprint density at radius 2 is 2.12 bits per heavy atom. The van der Waals surface area contributed by atoms with Gasteiger partial charge in [-0.3, -0.25) is 15.1 Å². The molecule has 0 aliphatic carbocycles. The third kappa shape index (κ3) is 5.49. The SMILES string of the molecule is CCOC(=O)Nc1ccnc(=O)n1[C@@H]1O[C@H](CO)[C@@H](OC(=O)CCc2cccnc2)C1(F)F. The number of alkyl halides is 2. The van der Waals surface area contributed by atoms with Gasteiger partial charge in [0.15, 0.2) is 6.10 Å². The lowest BCUT2D eigenvalue weighted by molar-refractivity contribution is -0.176. The summed E-state index contributed by atoms with van der Waals surface area (Å²) < 4.78 is 45.9. The predicted octanol–water partition coefficient (Wildman–Crippen LogP) is 1.28. The number of nitrogens with zero attached hydrogens (tertiary/aromatic N) is 3. The van der Waals surface area contributed by atoms with Crippen molar-refractivity contribution in [1.82, 2.24) is 14.5 Å². The van der Waals surface area contributed by atoms with Gasteiger partial charge in [-0.2, -0.15) is 8.78 Å². The predicted molar refractivity (Wildman–Crippen MR) is 108 cm³/mol. The van der Waals surface area contributed by atoms with Crippen LogP contribution in [-0.4, -0.2) is 63.0 Å². The van der Waals surface area contributed by atoms with Gasteiger partial charge >= 0.3 is 23.7 Å². The molecular weight excluding hydrogens is 446 g/mol. The minimum atomic E-state index is -3.95. The summed E-state index contributed by atoms with van der Waals surface area (Å²) in [6.07, 6.45) is -3.05. The molecule has 2 aromatic heterocycles. The van der Waals surface area contributed by atoms with Crippen molar-refractivity contribution in [3.8, 4) is 0 Å². The van der Waals surface area contributed by atoms with E-state index in [1.165, 1.54) is 13.1 Å². The number of amides is 1. The highest BCUT2D eigenvalue weighted by atomic mass is 19.3. The molecule has 2 aromatic rings. The normalized spacial score (nSPS) is 21.4. The number of carbonyl (C=O) groups is 2. The number of aryl methyl sites for hydroxylation is 1. The van der Waals surface area contributed by atoms with E-state index in [4.69, 9.17) is 14.2 Å². The standard InChI is InChI=1S/C20H22F2N4O7/c1-2-31-19(30)25-14-7-9-24-18(29)26(14)17-20(21,22)16(13(11-27)32-17)33-15(28)6-5-12-4-3-8-23-10-12/h3-4,7-10,13,16-17,27H,2,5-6,11H2,1H3,(H,25,30)/t13-,16-,17-/m1/s1. The number of aromatic nitrogens is 3. The fourth-order valence-corrected chi connectivity index (χ4v) is 3.25. The molecular formula is C20H22F2N4O7. The first kappa shape index (κ1) is 24.2. The monoisotopic (exact) mass is 468 g/mol. The average molecular weight is 468 g/mol. The van der Waals surface area contributed by atoms with Crippen LogP contribution >= 0.6 is 0 Å². The molecule has 0 aromatic carbocycles. The first-order chi connectivity index (χ1) is 15.8. The van der Waals surface area contributed by atoms with E-state index < -0.39 is 48.7 Å². The van der Waals surface area contributed by atoms with Crippen molar-refractivity contribution in [3.63, 3.8) is 0 Å². The van der Waals surface area contributed by atoms with Gasteiger partial charge in [-0.15, -0.1) is 0 Å². The van der Waals surface area contributed by atoms with Crippen LogP contribution in [0, 0.1) is 0 Å². The van der Waals surface area contributed by atoms with Crippen LogP contribution < -0.4 is 11.0 Å². The molecule has 0 unspecified atom stereocenters. The van der Waals surface area contributed by atoms with Crippen LogP contribution in [0.25, 0.3) is 0 Å².